The smallest absolute Gasteiger partial charge is 0.325 e. The molecule has 1 aliphatic carbocycles. The van der Waals surface area contributed by atoms with E-state index in [-0.39, 0.29) is 23.8 Å². The molecule has 2 aliphatic rings. The Labute approximate surface area is 173 Å². The monoisotopic (exact) mass is 399 g/mol. The third-order valence-corrected chi connectivity index (χ3v) is 7.08. The van der Waals surface area contributed by atoms with Crippen molar-refractivity contribution < 1.29 is 14.4 Å². The number of urea groups is 1. The van der Waals surface area contributed by atoms with Crippen molar-refractivity contribution in [2.75, 3.05) is 13.6 Å². The van der Waals surface area contributed by atoms with Crippen LogP contribution in [0.25, 0.3) is 0 Å². The molecule has 29 heavy (non-hydrogen) atoms. The number of benzene rings is 1. The minimum Gasteiger partial charge on any atom is -0.340 e. The van der Waals surface area contributed by atoms with E-state index in [4.69, 9.17) is 0 Å². The highest BCUT2D eigenvalue weighted by atomic mass is 16.2. The molecule has 6 heteroatoms. The van der Waals surface area contributed by atoms with E-state index in [2.05, 4.69) is 26.1 Å². The third kappa shape index (κ3) is 4.31. The van der Waals surface area contributed by atoms with E-state index in [0.29, 0.717) is 25.3 Å². The van der Waals surface area contributed by atoms with E-state index >= 15 is 0 Å². The zero-order valence-electron chi connectivity index (χ0n) is 18.0. The van der Waals surface area contributed by atoms with Gasteiger partial charge in [0.15, 0.2) is 0 Å². The molecule has 1 aromatic carbocycles. The number of likely N-dealkylation sites (N-methyl/N-ethyl adjacent to an activating group) is 1. The Hall–Kier alpha value is -2.37. The van der Waals surface area contributed by atoms with Crippen LogP contribution in [0, 0.1) is 11.3 Å². The Morgan fingerprint density at radius 1 is 1.21 bits per heavy atom. The van der Waals surface area contributed by atoms with E-state index in [1.54, 1.807) is 11.9 Å². The van der Waals surface area contributed by atoms with E-state index in [9.17, 15) is 14.4 Å². The molecule has 1 N–H and O–H groups in total. The van der Waals surface area contributed by atoms with Crippen LogP contribution in [0.15, 0.2) is 30.3 Å². The molecule has 0 bridgehead atoms. The first-order valence-electron chi connectivity index (χ1n) is 10.6. The molecule has 6 nitrogen and oxygen atoms in total. The maximum atomic E-state index is 13.1. The van der Waals surface area contributed by atoms with Crippen LogP contribution < -0.4 is 5.32 Å². The fourth-order valence-corrected chi connectivity index (χ4v) is 4.54. The Balaban J connectivity index is 1.61. The molecule has 0 atom stereocenters. The molecule has 1 heterocycles. The van der Waals surface area contributed by atoms with Gasteiger partial charge in [0.2, 0.25) is 5.91 Å². The molecule has 1 saturated heterocycles. The quantitative estimate of drug-likeness (QED) is 0.744. The normalized spacial score (nSPS) is 24.7. The molecule has 1 spiro atoms. The number of hydrogen-bond acceptors (Lipinski definition) is 3. The van der Waals surface area contributed by atoms with Gasteiger partial charge in [0, 0.05) is 13.6 Å². The largest absolute Gasteiger partial charge is 0.340 e. The van der Waals surface area contributed by atoms with Gasteiger partial charge in [0.05, 0.1) is 0 Å². The van der Waals surface area contributed by atoms with Gasteiger partial charge in [-0.3, -0.25) is 14.5 Å². The Kier molecular flexibility index (Phi) is 6.01. The zero-order valence-corrected chi connectivity index (χ0v) is 18.0. The van der Waals surface area contributed by atoms with Crippen LogP contribution in [0.5, 0.6) is 0 Å². The average molecular weight is 400 g/mol. The molecule has 1 aromatic rings. The third-order valence-electron chi connectivity index (χ3n) is 7.08. The van der Waals surface area contributed by atoms with E-state index in [1.807, 2.05) is 30.3 Å². The van der Waals surface area contributed by atoms with E-state index in [0.717, 1.165) is 29.7 Å². The highest BCUT2D eigenvalue weighted by Crippen LogP contribution is 2.45. The average Bonchev–Trinajstić information content (AvgIpc) is 2.93. The number of nitrogens with one attached hydrogen (secondary N) is 1. The molecular weight excluding hydrogens is 366 g/mol. The molecule has 0 aromatic heterocycles. The Bertz CT molecular complexity index is 767. The number of rotatable bonds is 6. The minimum atomic E-state index is -0.824. The highest BCUT2D eigenvalue weighted by molar-refractivity contribution is 6.09. The van der Waals surface area contributed by atoms with Gasteiger partial charge in [-0.25, -0.2) is 4.79 Å². The van der Waals surface area contributed by atoms with E-state index in [1.165, 1.54) is 0 Å². The van der Waals surface area contributed by atoms with Crippen molar-refractivity contribution in [1.29, 1.82) is 0 Å². The van der Waals surface area contributed by atoms with Gasteiger partial charge in [-0.2, -0.15) is 0 Å². The molecule has 2 fully saturated rings. The summed E-state index contributed by atoms with van der Waals surface area (Å²) >= 11 is 0. The second-order valence-electron chi connectivity index (χ2n) is 9.26. The summed E-state index contributed by atoms with van der Waals surface area (Å²) in [7, 11) is 1.70. The molecule has 1 saturated carbocycles. The summed E-state index contributed by atoms with van der Waals surface area (Å²) in [5, 5.41) is 2.92. The van der Waals surface area contributed by atoms with Gasteiger partial charge in [-0.1, -0.05) is 57.5 Å². The predicted molar refractivity (Wildman–Crippen MR) is 112 cm³/mol. The highest BCUT2D eigenvalue weighted by Gasteiger charge is 2.53. The molecule has 158 valence electrons. The number of carbonyl (C=O) groups is 3. The zero-order chi connectivity index (χ0) is 21.2. The van der Waals surface area contributed by atoms with Crippen LogP contribution in [-0.4, -0.2) is 46.8 Å². The first-order valence-corrected chi connectivity index (χ1v) is 10.6. The minimum absolute atomic E-state index is 0.209. The first-order chi connectivity index (χ1) is 13.7. The maximum absolute atomic E-state index is 13.1. The second-order valence-corrected chi connectivity index (χ2v) is 9.26. The van der Waals surface area contributed by atoms with Gasteiger partial charge in [-0.05, 0) is 42.6 Å². The van der Waals surface area contributed by atoms with Gasteiger partial charge in [0.1, 0.15) is 12.1 Å². The van der Waals surface area contributed by atoms with Crippen molar-refractivity contribution in [3.8, 4) is 0 Å². The molecule has 1 aliphatic heterocycles. The lowest BCUT2D eigenvalue weighted by atomic mass is 9.65. The molecule has 0 unspecified atom stereocenters. The van der Waals surface area contributed by atoms with Crippen molar-refractivity contribution in [1.82, 2.24) is 15.1 Å². The number of nitrogens with zero attached hydrogens (tertiary/aromatic N) is 2. The second kappa shape index (κ2) is 8.17. The Morgan fingerprint density at radius 2 is 1.83 bits per heavy atom. The van der Waals surface area contributed by atoms with E-state index < -0.39 is 11.6 Å². The lowest BCUT2D eigenvalue weighted by Crippen LogP contribution is -2.51. The Morgan fingerprint density at radius 3 is 2.41 bits per heavy atom. The summed E-state index contributed by atoms with van der Waals surface area (Å²) in [5.41, 5.74) is 0.424. The number of carbonyl (C=O) groups excluding carboxylic acids is 3. The fraction of sp³-hybridized carbons (Fsp3) is 0.609. The summed E-state index contributed by atoms with van der Waals surface area (Å²) in [4.78, 5) is 40.9. The van der Waals surface area contributed by atoms with Gasteiger partial charge >= 0.3 is 6.03 Å². The summed E-state index contributed by atoms with van der Waals surface area (Å²) in [5.74, 6) is 0.0717. The fourth-order valence-electron chi connectivity index (χ4n) is 4.54. The lowest BCUT2D eigenvalue weighted by molar-refractivity contribution is -0.139. The number of imide groups is 1. The van der Waals surface area contributed by atoms with Crippen LogP contribution in [-0.2, 0) is 16.1 Å². The van der Waals surface area contributed by atoms with Crippen molar-refractivity contribution in [2.24, 2.45) is 11.3 Å². The number of amides is 4. The summed E-state index contributed by atoms with van der Waals surface area (Å²) in [6.07, 6.45) is 4.23. The van der Waals surface area contributed by atoms with Crippen LogP contribution in [0.4, 0.5) is 4.79 Å². The van der Waals surface area contributed by atoms with Crippen LogP contribution >= 0.6 is 0 Å². The molecule has 4 amide bonds. The lowest BCUT2D eigenvalue weighted by Gasteiger charge is -2.42. The van der Waals surface area contributed by atoms with Crippen LogP contribution in [0.1, 0.15) is 58.4 Å². The summed E-state index contributed by atoms with van der Waals surface area (Å²) in [6.45, 7) is 6.99. The summed E-state index contributed by atoms with van der Waals surface area (Å²) < 4.78 is 0. The van der Waals surface area contributed by atoms with Crippen LogP contribution in [0.2, 0.25) is 0 Å². The van der Waals surface area contributed by atoms with Crippen molar-refractivity contribution in [2.45, 2.75) is 65.0 Å². The van der Waals surface area contributed by atoms with Crippen molar-refractivity contribution >= 4 is 17.8 Å². The molecular formula is C23H33N3O3. The predicted octanol–water partition coefficient (Wildman–Crippen LogP) is 3.56. The molecule has 3 rings (SSSR count). The summed E-state index contributed by atoms with van der Waals surface area (Å²) in [6, 6.07) is 9.22. The topological polar surface area (TPSA) is 69.7 Å². The van der Waals surface area contributed by atoms with Gasteiger partial charge in [0.25, 0.3) is 5.91 Å². The van der Waals surface area contributed by atoms with Gasteiger partial charge in [-0.15, -0.1) is 0 Å². The van der Waals surface area contributed by atoms with Crippen LogP contribution in [0.3, 0.4) is 0 Å². The first kappa shape index (κ1) is 21.3. The number of hydrogen-bond donors (Lipinski definition) is 1. The maximum Gasteiger partial charge on any atom is 0.325 e. The van der Waals surface area contributed by atoms with Gasteiger partial charge < -0.3 is 10.2 Å². The van der Waals surface area contributed by atoms with Crippen molar-refractivity contribution in [3.63, 3.8) is 0 Å². The molecule has 0 radical (unpaired) electrons. The van der Waals surface area contributed by atoms with Crippen molar-refractivity contribution in [3.05, 3.63) is 35.9 Å². The standard InChI is InChI=1S/C23H33N3O3/c1-5-22(2,3)18-11-13-23(14-12-18)20(28)26(21(29)24-23)16-19(27)25(4)15-17-9-7-6-8-10-17/h6-10,18H,5,11-16H2,1-4H3,(H,24,29). The SMILES string of the molecule is CCC(C)(C)C1CCC2(CC1)NC(=O)N(CC(=O)N(C)Cc1ccccc1)C2=O.